The van der Waals surface area contributed by atoms with Gasteiger partial charge in [0, 0.05) is 40.3 Å². The molecule has 2 rings (SSSR count). The molecule has 0 radical (unpaired) electrons. The van der Waals surface area contributed by atoms with E-state index in [-0.39, 0.29) is 24.0 Å². The molecule has 1 heterocycles. The molecular weight excluding hydrogens is 407 g/mol. The molecule has 1 saturated heterocycles. The summed E-state index contributed by atoms with van der Waals surface area (Å²) in [5.41, 5.74) is 1.17. The Balaban J connectivity index is 0.00000264. The third kappa shape index (κ3) is 7.36. The second-order valence-corrected chi connectivity index (χ2v) is 5.13. The summed E-state index contributed by atoms with van der Waals surface area (Å²) >= 11 is 0. The lowest BCUT2D eigenvalue weighted by molar-refractivity contribution is 0.0322. The normalized spacial score (nSPS) is 15.7. The van der Waals surface area contributed by atoms with E-state index in [0.29, 0.717) is 13.2 Å². The first-order chi connectivity index (χ1) is 10.8. The lowest BCUT2D eigenvalue weighted by Gasteiger charge is -2.26. The van der Waals surface area contributed by atoms with Gasteiger partial charge in [-0.2, -0.15) is 0 Å². The van der Waals surface area contributed by atoms with E-state index in [0.717, 1.165) is 44.6 Å². The van der Waals surface area contributed by atoms with Gasteiger partial charge < -0.3 is 20.1 Å². The average molecular weight is 434 g/mol. The largest absolute Gasteiger partial charge is 0.492 e. The van der Waals surface area contributed by atoms with Crippen LogP contribution in [-0.2, 0) is 11.3 Å². The van der Waals surface area contributed by atoms with Gasteiger partial charge in [0.15, 0.2) is 5.96 Å². The van der Waals surface area contributed by atoms with Gasteiger partial charge in [-0.25, -0.2) is 0 Å². The maximum atomic E-state index is 5.85. The van der Waals surface area contributed by atoms with Crippen molar-refractivity contribution in [2.45, 2.75) is 6.54 Å². The summed E-state index contributed by atoms with van der Waals surface area (Å²) in [5.74, 6) is 1.69. The minimum absolute atomic E-state index is 0. The van der Waals surface area contributed by atoms with Gasteiger partial charge in [0.1, 0.15) is 12.4 Å². The van der Waals surface area contributed by atoms with Crippen molar-refractivity contribution in [1.29, 1.82) is 0 Å². The van der Waals surface area contributed by atoms with Gasteiger partial charge in [-0.15, -0.1) is 24.0 Å². The Kier molecular flexibility index (Phi) is 9.97. The fourth-order valence-electron chi connectivity index (χ4n) is 2.33. The zero-order valence-corrected chi connectivity index (χ0v) is 16.2. The number of nitrogens with one attached hydrogen (secondary N) is 2. The van der Waals surface area contributed by atoms with Crippen molar-refractivity contribution in [3.8, 4) is 5.75 Å². The molecule has 130 valence electrons. The minimum Gasteiger partial charge on any atom is -0.492 e. The number of morpholine rings is 1. The average Bonchev–Trinajstić information content (AvgIpc) is 2.57. The van der Waals surface area contributed by atoms with Crippen LogP contribution in [0.4, 0.5) is 0 Å². The van der Waals surface area contributed by atoms with Crippen LogP contribution in [0.25, 0.3) is 0 Å². The minimum atomic E-state index is 0. The number of nitrogens with zero attached hydrogens (tertiary/aromatic N) is 2. The van der Waals surface area contributed by atoms with Gasteiger partial charge in [0.2, 0.25) is 0 Å². The Morgan fingerprint density at radius 1 is 1.35 bits per heavy atom. The molecule has 23 heavy (non-hydrogen) atoms. The van der Waals surface area contributed by atoms with Gasteiger partial charge in [0.05, 0.1) is 13.2 Å². The number of hydrogen-bond donors (Lipinski definition) is 2. The highest BCUT2D eigenvalue weighted by Crippen LogP contribution is 2.13. The molecular formula is C16H27IN4O2. The second kappa shape index (κ2) is 11.5. The number of benzene rings is 1. The summed E-state index contributed by atoms with van der Waals surface area (Å²) in [4.78, 5) is 6.46. The number of guanidine groups is 1. The molecule has 0 spiro atoms. The van der Waals surface area contributed by atoms with E-state index < -0.39 is 0 Å². The Bertz CT molecular complexity index is 479. The Labute approximate surface area is 155 Å². The topological polar surface area (TPSA) is 58.1 Å². The number of hydrogen-bond acceptors (Lipinski definition) is 4. The third-order valence-corrected chi connectivity index (χ3v) is 3.60. The van der Waals surface area contributed by atoms with E-state index in [1.807, 2.05) is 19.2 Å². The molecule has 0 unspecified atom stereocenters. The maximum absolute atomic E-state index is 5.85. The van der Waals surface area contributed by atoms with Crippen LogP contribution < -0.4 is 15.4 Å². The van der Waals surface area contributed by atoms with E-state index in [1.165, 1.54) is 5.56 Å². The highest BCUT2D eigenvalue weighted by Gasteiger charge is 2.09. The van der Waals surface area contributed by atoms with Crippen LogP contribution in [0, 0.1) is 0 Å². The first-order valence-corrected chi connectivity index (χ1v) is 7.72. The van der Waals surface area contributed by atoms with Gasteiger partial charge in [-0.1, -0.05) is 12.1 Å². The van der Waals surface area contributed by atoms with Gasteiger partial charge >= 0.3 is 0 Å². The molecule has 2 N–H and O–H groups in total. The molecule has 0 atom stereocenters. The lowest BCUT2D eigenvalue weighted by atomic mass is 10.2. The van der Waals surface area contributed by atoms with E-state index in [1.54, 1.807) is 7.05 Å². The monoisotopic (exact) mass is 434 g/mol. The van der Waals surface area contributed by atoms with Crippen molar-refractivity contribution in [2.75, 3.05) is 53.6 Å². The Morgan fingerprint density at radius 3 is 2.83 bits per heavy atom. The zero-order valence-electron chi connectivity index (χ0n) is 13.9. The molecule has 1 aromatic rings. The Hall–Kier alpha value is -1.06. The maximum Gasteiger partial charge on any atom is 0.190 e. The first-order valence-electron chi connectivity index (χ1n) is 7.72. The summed E-state index contributed by atoms with van der Waals surface area (Å²) in [7, 11) is 3.60. The molecule has 6 nitrogen and oxygen atoms in total. The van der Waals surface area contributed by atoms with Crippen LogP contribution >= 0.6 is 24.0 Å². The number of halogens is 1. The standard InChI is InChI=1S/C16H26N4O2.HI/c1-17-16(18-2)19-13-14-4-3-5-15(12-14)22-11-8-20-6-9-21-10-7-20;/h3-5,12H,6-11,13H2,1-2H3,(H2,17,18,19);1H. The van der Waals surface area contributed by atoms with Crippen LogP contribution in [0.3, 0.4) is 0 Å². The molecule has 1 aliphatic heterocycles. The van der Waals surface area contributed by atoms with Crippen LogP contribution in [0.2, 0.25) is 0 Å². The molecule has 0 saturated carbocycles. The molecule has 0 bridgehead atoms. The summed E-state index contributed by atoms with van der Waals surface area (Å²) in [5, 5.41) is 6.23. The fraction of sp³-hybridized carbons (Fsp3) is 0.562. The van der Waals surface area contributed by atoms with E-state index in [9.17, 15) is 0 Å². The lowest BCUT2D eigenvalue weighted by Crippen LogP contribution is -2.38. The van der Waals surface area contributed by atoms with Crippen molar-refractivity contribution in [1.82, 2.24) is 15.5 Å². The molecule has 1 fully saturated rings. The van der Waals surface area contributed by atoms with Gasteiger partial charge in [-0.3, -0.25) is 9.89 Å². The molecule has 0 aromatic heterocycles. The predicted octanol–water partition coefficient (Wildman–Crippen LogP) is 1.31. The summed E-state index contributed by atoms with van der Waals surface area (Å²) < 4.78 is 11.2. The van der Waals surface area contributed by atoms with Crippen molar-refractivity contribution >= 4 is 29.9 Å². The third-order valence-electron chi connectivity index (χ3n) is 3.60. The quantitative estimate of drug-likeness (QED) is 0.402. The number of rotatable bonds is 6. The smallest absolute Gasteiger partial charge is 0.190 e. The summed E-state index contributed by atoms with van der Waals surface area (Å²) in [6.45, 7) is 6.01. The van der Waals surface area contributed by atoms with Gasteiger partial charge in [0.25, 0.3) is 0 Å². The fourth-order valence-corrected chi connectivity index (χ4v) is 2.33. The predicted molar refractivity (Wildman–Crippen MR) is 104 cm³/mol. The first kappa shape index (κ1) is 20.0. The van der Waals surface area contributed by atoms with Crippen molar-refractivity contribution in [2.24, 2.45) is 4.99 Å². The van der Waals surface area contributed by atoms with Crippen LogP contribution in [0.1, 0.15) is 5.56 Å². The molecule has 0 aliphatic carbocycles. The number of aliphatic imine (C=N–C) groups is 1. The molecule has 7 heteroatoms. The van der Waals surface area contributed by atoms with Crippen LogP contribution in [-0.4, -0.2) is 64.4 Å². The SMILES string of the molecule is CN=C(NC)NCc1cccc(OCCN2CCOCC2)c1.I. The summed E-state index contributed by atoms with van der Waals surface area (Å²) in [6, 6.07) is 8.15. The number of ether oxygens (including phenoxy) is 2. The van der Waals surface area contributed by atoms with E-state index in [4.69, 9.17) is 9.47 Å². The second-order valence-electron chi connectivity index (χ2n) is 5.13. The van der Waals surface area contributed by atoms with Crippen LogP contribution in [0.5, 0.6) is 5.75 Å². The highest BCUT2D eigenvalue weighted by atomic mass is 127. The van der Waals surface area contributed by atoms with Crippen molar-refractivity contribution in [3.63, 3.8) is 0 Å². The van der Waals surface area contributed by atoms with Crippen LogP contribution in [0.15, 0.2) is 29.3 Å². The Morgan fingerprint density at radius 2 is 2.13 bits per heavy atom. The van der Waals surface area contributed by atoms with Gasteiger partial charge in [-0.05, 0) is 17.7 Å². The van der Waals surface area contributed by atoms with E-state index >= 15 is 0 Å². The molecule has 0 amide bonds. The molecule has 1 aliphatic rings. The van der Waals surface area contributed by atoms with Crippen molar-refractivity contribution < 1.29 is 9.47 Å². The zero-order chi connectivity index (χ0) is 15.6. The van der Waals surface area contributed by atoms with E-state index in [2.05, 4.69) is 32.7 Å². The van der Waals surface area contributed by atoms with Crippen molar-refractivity contribution in [3.05, 3.63) is 29.8 Å². The summed E-state index contributed by atoms with van der Waals surface area (Å²) in [6.07, 6.45) is 0. The molecule has 1 aromatic carbocycles. The highest BCUT2D eigenvalue weighted by molar-refractivity contribution is 14.0.